The number of amides is 2. The highest BCUT2D eigenvalue weighted by molar-refractivity contribution is 6.33. The molecular weight excluding hydrogens is 422 g/mol. The van der Waals surface area contributed by atoms with Gasteiger partial charge >= 0.3 is 0 Å². The summed E-state index contributed by atoms with van der Waals surface area (Å²) in [7, 11) is 0. The second-order valence-corrected chi connectivity index (χ2v) is 7.01. The summed E-state index contributed by atoms with van der Waals surface area (Å²) in [6, 6.07) is 11.9. The first kappa shape index (κ1) is 22.6. The molecule has 1 saturated heterocycles. The summed E-state index contributed by atoms with van der Waals surface area (Å²) < 4.78 is 16.6. The lowest BCUT2D eigenvalue weighted by Gasteiger charge is -2.26. The van der Waals surface area contributed by atoms with Crippen molar-refractivity contribution >= 4 is 29.6 Å². The lowest BCUT2D eigenvalue weighted by Crippen LogP contribution is -2.43. The minimum atomic E-state index is -0.409. The van der Waals surface area contributed by atoms with Crippen LogP contribution in [0.2, 0.25) is 5.02 Å². The highest BCUT2D eigenvalue weighted by Crippen LogP contribution is 2.28. The van der Waals surface area contributed by atoms with Crippen LogP contribution in [-0.4, -0.2) is 62.4 Å². The Balaban J connectivity index is 1.61. The summed E-state index contributed by atoms with van der Waals surface area (Å²) in [5, 5.41) is 4.32. The monoisotopic (exact) mass is 445 g/mol. The maximum absolute atomic E-state index is 12.3. The molecule has 0 unspecified atom stereocenters. The number of benzene rings is 2. The summed E-state index contributed by atoms with van der Waals surface area (Å²) in [4.78, 5) is 26.2. The van der Waals surface area contributed by atoms with Crippen LogP contribution in [0.1, 0.15) is 22.8 Å². The lowest BCUT2D eigenvalue weighted by molar-refractivity contribution is -0.137. The van der Waals surface area contributed by atoms with Crippen LogP contribution in [0, 0.1) is 0 Å². The average molecular weight is 446 g/mol. The zero-order chi connectivity index (χ0) is 22.1. The normalized spacial score (nSPS) is 13.8. The molecule has 164 valence electrons. The second-order valence-electron chi connectivity index (χ2n) is 6.60. The lowest BCUT2D eigenvalue weighted by atomic mass is 10.2. The van der Waals surface area contributed by atoms with Gasteiger partial charge in [-0.3, -0.25) is 9.59 Å². The van der Waals surface area contributed by atoms with Crippen molar-refractivity contribution in [3.8, 4) is 11.5 Å². The Morgan fingerprint density at radius 2 is 1.94 bits per heavy atom. The topological polar surface area (TPSA) is 89.5 Å². The minimum Gasteiger partial charge on any atom is -0.490 e. The van der Waals surface area contributed by atoms with Crippen LogP contribution in [0.3, 0.4) is 0 Å². The highest BCUT2D eigenvalue weighted by Gasteiger charge is 2.18. The Labute approximate surface area is 185 Å². The molecule has 3 rings (SSSR count). The quantitative estimate of drug-likeness (QED) is 0.498. The van der Waals surface area contributed by atoms with Gasteiger partial charge in [-0.15, -0.1) is 0 Å². The predicted molar refractivity (Wildman–Crippen MR) is 117 cm³/mol. The smallest absolute Gasteiger partial charge is 0.272 e. The van der Waals surface area contributed by atoms with Gasteiger partial charge in [0.2, 0.25) is 0 Å². The van der Waals surface area contributed by atoms with Gasteiger partial charge in [0.25, 0.3) is 11.8 Å². The number of morpholine rings is 1. The largest absolute Gasteiger partial charge is 0.490 e. The van der Waals surface area contributed by atoms with Gasteiger partial charge < -0.3 is 19.1 Å². The van der Waals surface area contributed by atoms with Crippen LogP contribution in [0.15, 0.2) is 47.6 Å². The van der Waals surface area contributed by atoms with Crippen molar-refractivity contribution in [3.63, 3.8) is 0 Å². The van der Waals surface area contributed by atoms with Gasteiger partial charge in [0.1, 0.15) is 0 Å². The van der Waals surface area contributed by atoms with E-state index in [1.54, 1.807) is 47.4 Å². The van der Waals surface area contributed by atoms with Crippen molar-refractivity contribution in [1.82, 2.24) is 10.3 Å². The molecule has 0 aliphatic carbocycles. The van der Waals surface area contributed by atoms with E-state index < -0.39 is 5.91 Å². The molecule has 1 heterocycles. The van der Waals surface area contributed by atoms with Crippen molar-refractivity contribution in [2.75, 3.05) is 39.5 Å². The number of hydrazone groups is 1. The van der Waals surface area contributed by atoms with Crippen molar-refractivity contribution in [3.05, 3.63) is 58.6 Å². The average Bonchev–Trinajstić information content (AvgIpc) is 2.79. The maximum Gasteiger partial charge on any atom is 0.272 e. The Bertz CT molecular complexity index is 944. The predicted octanol–water partition coefficient (Wildman–Crippen LogP) is 2.74. The molecule has 0 spiro atoms. The summed E-state index contributed by atoms with van der Waals surface area (Å²) in [6.45, 7) is 4.41. The number of carbonyl (C=O) groups excluding carboxylic acids is 2. The highest BCUT2D eigenvalue weighted by atomic mass is 35.5. The molecule has 0 saturated carbocycles. The fraction of sp³-hybridized carbons (Fsp3) is 0.318. The van der Waals surface area contributed by atoms with Crippen molar-refractivity contribution in [2.45, 2.75) is 6.92 Å². The van der Waals surface area contributed by atoms with E-state index in [1.165, 1.54) is 6.21 Å². The van der Waals surface area contributed by atoms with E-state index in [1.807, 2.05) is 6.92 Å². The third-order valence-corrected chi connectivity index (χ3v) is 4.81. The van der Waals surface area contributed by atoms with Gasteiger partial charge in [-0.25, -0.2) is 5.43 Å². The first-order valence-electron chi connectivity index (χ1n) is 9.91. The SMILES string of the molecule is CCOc1cc(/C=N\NC(=O)c2ccccc2Cl)ccc1OCC(=O)N1CCOCC1. The van der Waals surface area contributed by atoms with E-state index in [2.05, 4.69) is 10.5 Å². The van der Waals surface area contributed by atoms with E-state index in [0.29, 0.717) is 60.6 Å². The molecule has 2 amide bonds. The number of hydrogen-bond donors (Lipinski definition) is 1. The Morgan fingerprint density at radius 3 is 2.68 bits per heavy atom. The number of nitrogens with one attached hydrogen (secondary N) is 1. The summed E-state index contributed by atoms with van der Waals surface area (Å²) in [5.41, 5.74) is 3.47. The summed E-state index contributed by atoms with van der Waals surface area (Å²) in [5.74, 6) is 0.437. The van der Waals surface area contributed by atoms with E-state index in [-0.39, 0.29) is 12.5 Å². The molecule has 31 heavy (non-hydrogen) atoms. The molecule has 1 N–H and O–H groups in total. The second kappa shape index (κ2) is 11.3. The van der Waals surface area contributed by atoms with Crippen LogP contribution in [-0.2, 0) is 9.53 Å². The van der Waals surface area contributed by atoms with Crippen molar-refractivity contribution < 1.29 is 23.8 Å². The van der Waals surface area contributed by atoms with E-state index in [9.17, 15) is 9.59 Å². The molecule has 0 radical (unpaired) electrons. The fourth-order valence-corrected chi connectivity index (χ4v) is 3.13. The van der Waals surface area contributed by atoms with Gasteiger partial charge in [-0.1, -0.05) is 23.7 Å². The molecule has 0 aromatic heterocycles. The fourth-order valence-electron chi connectivity index (χ4n) is 2.91. The van der Waals surface area contributed by atoms with Crippen molar-refractivity contribution in [2.24, 2.45) is 5.10 Å². The van der Waals surface area contributed by atoms with E-state index in [0.717, 1.165) is 0 Å². The molecule has 8 nitrogen and oxygen atoms in total. The molecule has 0 bridgehead atoms. The molecular formula is C22H24ClN3O5. The van der Waals surface area contributed by atoms with Gasteiger partial charge in [-0.05, 0) is 42.8 Å². The Hall–Kier alpha value is -3.10. The van der Waals surface area contributed by atoms with Crippen LogP contribution >= 0.6 is 11.6 Å². The Morgan fingerprint density at radius 1 is 1.16 bits per heavy atom. The van der Waals surface area contributed by atoms with Crippen LogP contribution in [0.4, 0.5) is 0 Å². The number of hydrogen-bond acceptors (Lipinski definition) is 6. The first-order valence-corrected chi connectivity index (χ1v) is 10.3. The third kappa shape index (κ3) is 6.44. The number of rotatable bonds is 8. The van der Waals surface area contributed by atoms with Crippen LogP contribution < -0.4 is 14.9 Å². The maximum atomic E-state index is 12.3. The summed E-state index contributed by atoms with van der Waals surface area (Å²) in [6.07, 6.45) is 1.49. The molecule has 2 aromatic rings. The molecule has 9 heteroatoms. The molecule has 1 fully saturated rings. The zero-order valence-electron chi connectivity index (χ0n) is 17.2. The number of halogens is 1. The van der Waals surface area contributed by atoms with Gasteiger partial charge in [0.05, 0.1) is 36.6 Å². The molecule has 1 aliphatic heterocycles. The van der Waals surface area contributed by atoms with Gasteiger partial charge in [-0.2, -0.15) is 5.10 Å². The van der Waals surface area contributed by atoms with Crippen molar-refractivity contribution in [1.29, 1.82) is 0 Å². The zero-order valence-corrected chi connectivity index (χ0v) is 17.9. The molecule has 1 aliphatic rings. The van der Waals surface area contributed by atoms with E-state index >= 15 is 0 Å². The van der Waals surface area contributed by atoms with Gasteiger partial charge in [0, 0.05) is 13.1 Å². The number of nitrogens with zero attached hydrogens (tertiary/aromatic N) is 2. The van der Waals surface area contributed by atoms with Gasteiger partial charge in [0.15, 0.2) is 18.1 Å². The minimum absolute atomic E-state index is 0.0819. The van der Waals surface area contributed by atoms with E-state index in [4.69, 9.17) is 25.8 Å². The number of ether oxygens (including phenoxy) is 3. The first-order chi connectivity index (χ1) is 15.1. The van der Waals surface area contributed by atoms with Crippen LogP contribution in [0.5, 0.6) is 11.5 Å². The third-order valence-electron chi connectivity index (χ3n) is 4.48. The molecule has 0 atom stereocenters. The molecule has 2 aromatic carbocycles. The van der Waals surface area contributed by atoms with Crippen LogP contribution in [0.25, 0.3) is 0 Å². The summed E-state index contributed by atoms with van der Waals surface area (Å²) >= 11 is 6.01. The standard InChI is InChI=1S/C22H24ClN3O5/c1-2-30-20-13-16(14-24-25-22(28)17-5-3-4-6-18(17)23)7-8-19(20)31-15-21(27)26-9-11-29-12-10-26/h3-8,13-14H,2,9-12,15H2,1H3,(H,25,28)/b24-14-. The Kier molecular flexibility index (Phi) is 8.26. The number of carbonyl (C=O) groups is 2.